The van der Waals surface area contributed by atoms with Crippen molar-refractivity contribution in [3.8, 4) is 5.75 Å². The number of amides is 1. The molecule has 1 aromatic carbocycles. The summed E-state index contributed by atoms with van der Waals surface area (Å²) in [6, 6.07) is 8.87. The van der Waals surface area contributed by atoms with Crippen molar-refractivity contribution in [3.05, 3.63) is 46.9 Å². The minimum absolute atomic E-state index is 0.00772. The monoisotopic (exact) mass is 342 g/mol. The minimum atomic E-state index is -0.238. The molecule has 1 aromatic heterocycles. The summed E-state index contributed by atoms with van der Waals surface area (Å²) in [7, 11) is 0. The summed E-state index contributed by atoms with van der Waals surface area (Å²) >= 11 is 0. The SMILES string of the molecule is CCOc1ccc(NC(=O)C2CCCN(c3cn[nH]c(=O)c3)C2)cc1. The molecule has 1 atom stereocenters. The Kier molecular flexibility index (Phi) is 5.33. The third kappa shape index (κ3) is 4.37. The molecule has 2 aromatic rings. The average Bonchev–Trinajstić information content (AvgIpc) is 2.64. The van der Waals surface area contributed by atoms with E-state index in [-0.39, 0.29) is 17.4 Å². The molecule has 0 bridgehead atoms. The summed E-state index contributed by atoms with van der Waals surface area (Å²) in [6.45, 7) is 3.94. The molecule has 1 fully saturated rings. The van der Waals surface area contributed by atoms with Crippen molar-refractivity contribution in [1.29, 1.82) is 0 Å². The molecule has 25 heavy (non-hydrogen) atoms. The predicted octanol–water partition coefficient (Wildman–Crippen LogP) is 2.02. The lowest BCUT2D eigenvalue weighted by molar-refractivity contribution is -0.120. The first-order chi connectivity index (χ1) is 12.2. The van der Waals surface area contributed by atoms with Crippen molar-refractivity contribution >= 4 is 17.3 Å². The highest BCUT2D eigenvalue weighted by Crippen LogP contribution is 2.23. The van der Waals surface area contributed by atoms with E-state index in [4.69, 9.17) is 4.74 Å². The number of hydrogen-bond acceptors (Lipinski definition) is 5. The van der Waals surface area contributed by atoms with Crippen LogP contribution in [0.15, 0.2) is 41.3 Å². The number of hydrogen-bond donors (Lipinski definition) is 2. The van der Waals surface area contributed by atoms with Crippen LogP contribution in [0.5, 0.6) is 5.75 Å². The topological polar surface area (TPSA) is 87.3 Å². The van der Waals surface area contributed by atoms with Gasteiger partial charge in [-0.15, -0.1) is 0 Å². The summed E-state index contributed by atoms with van der Waals surface area (Å²) in [5, 5.41) is 9.16. The average molecular weight is 342 g/mol. The van der Waals surface area contributed by atoms with Crippen LogP contribution in [0.1, 0.15) is 19.8 Å². The fourth-order valence-corrected chi connectivity index (χ4v) is 3.01. The smallest absolute Gasteiger partial charge is 0.266 e. The van der Waals surface area contributed by atoms with Gasteiger partial charge in [-0.1, -0.05) is 0 Å². The highest BCUT2D eigenvalue weighted by molar-refractivity contribution is 5.93. The molecule has 0 spiro atoms. The van der Waals surface area contributed by atoms with Gasteiger partial charge in [-0.2, -0.15) is 5.10 Å². The van der Waals surface area contributed by atoms with Gasteiger partial charge in [0.25, 0.3) is 5.56 Å². The highest BCUT2D eigenvalue weighted by Gasteiger charge is 2.26. The van der Waals surface area contributed by atoms with E-state index >= 15 is 0 Å². The second kappa shape index (κ2) is 7.83. The number of rotatable bonds is 5. The van der Waals surface area contributed by atoms with E-state index < -0.39 is 0 Å². The number of aromatic nitrogens is 2. The Morgan fingerprint density at radius 3 is 2.92 bits per heavy atom. The number of piperidine rings is 1. The number of carbonyl (C=O) groups is 1. The molecular formula is C18H22N4O3. The number of nitrogens with one attached hydrogen (secondary N) is 2. The Bertz CT molecular complexity index is 772. The molecular weight excluding hydrogens is 320 g/mol. The van der Waals surface area contributed by atoms with E-state index in [1.807, 2.05) is 36.1 Å². The van der Waals surface area contributed by atoms with Gasteiger partial charge in [-0.3, -0.25) is 9.59 Å². The summed E-state index contributed by atoms with van der Waals surface area (Å²) in [4.78, 5) is 26.0. The molecule has 132 valence electrons. The summed E-state index contributed by atoms with van der Waals surface area (Å²) in [6.07, 6.45) is 3.35. The first-order valence-electron chi connectivity index (χ1n) is 8.49. The third-order valence-electron chi connectivity index (χ3n) is 4.24. The van der Waals surface area contributed by atoms with Crippen LogP contribution in [0.3, 0.4) is 0 Å². The van der Waals surface area contributed by atoms with Gasteiger partial charge in [0.1, 0.15) is 5.75 Å². The molecule has 1 unspecified atom stereocenters. The van der Waals surface area contributed by atoms with Crippen LogP contribution in [0, 0.1) is 5.92 Å². The number of carbonyl (C=O) groups excluding carboxylic acids is 1. The minimum Gasteiger partial charge on any atom is -0.494 e. The van der Waals surface area contributed by atoms with E-state index in [0.29, 0.717) is 13.2 Å². The molecule has 2 N–H and O–H groups in total. The summed E-state index contributed by atoms with van der Waals surface area (Å²) in [5.41, 5.74) is 1.27. The Balaban J connectivity index is 1.62. The quantitative estimate of drug-likeness (QED) is 0.868. The third-order valence-corrected chi connectivity index (χ3v) is 4.24. The molecule has 7 nitrogen and oxygen atoms in total. The Labute approximate surface area is 146 Å². The Morgan fingerprint density at radius 2 is 2.20 bits per heavy atom. The van der Waals surface area contributed by atoms with Crippen molar-refractivity contribution in [2.45, 2.75) is 19.8 Å². The molecule has 0 saturated carbocycles. The number of aromatic amines is 1. The van der Waals surface area contributed by atoms with Crippen LogP contribution < -0.4 is 20.5 Å². The van der Waals surface area contributed by atoms with Gasteiger partial charge in [0, 0.05) is 24.8 Å². The fraction of sp³-hybridized carbons (Fsp3) is 0.389. The van der Waals surface area contributed by atoms with E-state index in [9.17, 15) is 9.59 Å². The second-order valence-corrected chi connectivity index (χ2v) is 6.04. The van der Waals surface area contributed by atoms with Gasteiger partial charge < -0.3 is 15.0 Å². The van der Waals surface area contributed by atoms with E-state index in [2.05, 4.69) is 15.5 Å². The largest absolute Gasteiger partial charge is 0.494 e. The molecule has 1 amide bonds. The highest BCUT2D eigenvalue weighted by atomic mass is 16.5. The van der Waals surface area contributed by atoms with Gasteiger partial charge in [0.15, 0.2) is 0 Å². The van der Waals surface area contributed by atoms with E-state index in [1.165, 1.54) is 6.07 Å². The fourth-order valence-electron chi connectivity index (χ4n) is 3.01. The van der Waals surface area contributed by atoms with Crippen LogP contribution >= 0.6 is 0 Å². The lowest BCUT2D eigenvalue weighted by Crippen LogP contribution is -2.41. The number of H-pyrrole nitrogens is 1. The number of ether oxygens (including phenoxy) is 1. The van der Waals surface area contributed by atoms with Crippen molar-refractivity contribution < 1.29 is 9.53 Å². The lowest BCUT2D eigenvalue weighted by Gasteiger charge is -2.33. The van der Waals surface area contributed by atoms with Gasteiger partial charge in [-0.05, 0) is 44.0 Å². The van der Waals surface area contributed by atoms with Crippen LogP contribution in [0.2, 0.25) is 0 Å². The maximum absolute atomic E-state index is 12.6. The van der Waals surface area contributed by atoms with Crippen LogP contribution in [0.4, 0.5) is 11.4 Å². The molecule has 3 rings (SSSR count). The van der Waals surface area contributed by atoms with Crippen molar-refractivity contribution in [2.24, 2.45) is 5.92 Å². The van der Waals surface area contributed by atoms with Crippen LogP contribution in [0.25, 0.3) is 0 Å². The van der Waals surface area contributed by atoms with Crippen LogP contribution in [-0.2, 0) is 4.79 Å². The lowest BCUT2D eigenvalue weighted by atomic mass is 9.96. The molecule has 7 heteroatoms. The Morgan fingerprint density at radius 1 is 1.40 bits per heavy atom. The second-order valence-electron chi connectivity index (χ2n) is 6.04. The van der Waals surface area contributed by atoms with E-state index in [1.54, 1.807) is 6.20 Å². The predicted molar refractivity (Wildman–Crippen MR) is 96.0 cm³/mol. The Hall–Kier alpha value is -2.83. The molecule has 0 aliphatic carbocycles. The van der Waals surface area contributed by atoms with Gasteiger partial charge in [0.05, 0.1) is 24.4 Å². The number of nitrogens with zero attached hydrogens (tertiary/aromatic N) is 2. The van der Waals surface area contributed by atoms with E-state index in [0.717, 1.165) is 36.5 Å². The molecule has 0 radical (unpaired) electrons. The molecule has 2 heterocycles. The van der Waals surface area contributed by atoms with Crippen molar-refractivity contribution in [1.82, 2.24) is 10.2 Å². The zero-order valence-electron chi connectivity index (χ0n) is 14.2. The zero-order valence-corrected chi connectivity index (χ0v) is 14.2. The zero-order chi connectivity index (χ0) is 17.6. The first kappa shape index (κ1) is 17.0. The summed E-state index contributed by atoms with van der Waals surface area (Å²) < 4.78 is 5.40. The maximum atomic E-state index is 12.6. The van der Waals surface area contributed by atoms with Crippen LogP contribution in [-0.4, -0.2) is 35.8 Å². The van der Waals surface area contributed by atoms with Gasteiger partial charge in [-0.25, -0.2) is 5.10 Å². The molecule has 1 saturated heterocycles. The number of benzene rings is 1. The molecule has 1 aliphatic heterocycles. The van der Waals surface area contributed by atoms with Crippen molar-refractivity contribution in [3.63, 3.8) is 0 Å². The maximum Gasteiger partial charge on any atom is 0.266 e. The van der Waals surface area contributed by atoms with Crippen molar-refractivity contribution in [2.75, 3.05) is 29.9 Å². The first-order valence-corrected chi connectivity index (χ1v) is 8.49. The van der Waals surface area contributed by atoms with Gasteiger partial charge >= 0.3 is 0 Å². The number of anilines is 2. The normalized spacial score (nSPS) is 17.2. The van der Waals surface area contributed by atoms with Gasteiger partial charge in [0.2, 0.25) is 5.91 Å². The molecule has 1 aliphatic rings. The summed E-state index contributed by atoms with van der Waals surface area (Å²) in [5.74, 6) is 0.650. The standard InChI is InChI=1S/C18H22N4O3/c1-2-25-16-7-5-14(6-8-16)20-18(24)13-4-3-9-22(12-13)15-10-17(23)21-19-11-15/h5-8,10-11,13H,2-4,9,12H2,1H3,(H,20,24)(H,21,23).